The molecule has 0 saturated heterocycles. The molecule has 0 unspecified atom stereocenters. The van der Waals surface area contributed by atoms with Gasteiger partial charge in [0.05, 0.1) is 14.9 Å². The van der Waals surface area contributed by atoms with Crippen LogP contribution >= 0.6 is 22.9 Å². The summed E-state index contributed by atoms with van der Waals surface area (Å²) in [7, 11) is 0. The van der Waals surface area contributed by atoms with Crippen LogP contribution in [0.25, 0.3) is 21.5 Å². The van der Waals surface area contributed by atoms with E-state index < -0.39 is 0 Å². The molecule has 0 atom stereocenters. The number of thiophene rings is 1. The summed E-state index contributed by atoms with van der Waals surface area (Å²) in [4.78, 5) is 4.74. The zero-order valence-corrected chi connectivity index (χ0v) is 12.7. The number of benzene rings is 1. The standard InChI is InChI=1S/C16H17ClN2S/c17-15-9-8-14(20-15)16-12(6-3-4-10-18)11-5-1-2-7-13(11)19-16/h1-2,5,7-9,19H,3-4,6,10,18H2. The highest BCUT2D eigenvalue weighted by molar-refractivity contribution is 7.19. The smallest absolute Gasteiger partial charge is 0.0935 e. The van der Waals surface area contributed by atoms with Gasteiger partial charge in [0.15, 0.2) is 0 Å². The van der Waals surface area contributed by atoms with Gasteiger partial charge in [-0.05, 0) is 49.6 Å². The van der Waals surface area contributed by atoms with E-state index in [9.17, 15) is 0 Å². The van der Waals surface area contributed by atoms with E-state index in [0.717, 1.165) is 30.1 Å². The summed E-state index contributed by atoms with van der Waals surface area (Å²) in [5.41, 5.74) is 9.39. The lowest BCUT2D eigenvalue weighted by molar-refractivity contribution is 0.748. The van der Waals surface area contributed by atoms with Crippen LogP contribution in [-0.2, 0) is 6.42 Å². The Kier molecular flexibility index (Phi) is 4.10. The molecular formula is C16H17ClN2S. The van der Waals surface area contributed by atoms with Crippen molar-refractivity contribution in [1.29, 1.82) is 0 Å². The van der Waals surface area contributed by atoms with Gasteiger partial charge in [-0.2, -0.15) is 0 Å². The first-order valence-electron chi connectivity index (χ1n) is 6.85. The SMILES string of the molecule is NCCCCc1c(-c2ccc(Cl)s2)[nH]c2ccccc12. The van der Waals surface area contributed by atoms with Crippen molar-refractivity contribution in [2.75, 3.05) is 6.54 Å². The molecule has 104 valence electrons. The summed E-state index contributed by atoms with van der Waals surface area (Å²) in [6, 6.07) is 12.5. The Bertz CT molecular complexity index is 714. The third-order valence-corrected chi connectivity index (χ3v) is 4.76. The maximum Gasteiger partial charge on any atom is 0.0935 e. The quantitative estimate of drug-likeness (QED) is 0.651. The van der Waals surface area contributed by atoms with E-state index in [0.29, 0.717) is 0 Å². The van der Waals surface area contributed by atoms with Gasteiger partial charge >= 0.3 is 0 Å². The molecule has 20 heavy (non-hydrogen) atoms. The molecule has 1 aromatic carbocycles. The predicted octanol–water partition coefficient (Wildman–Crippen LogP) is 4.83. The van der Waals surface area contributed by atoms with E-state index in [2.05, 4.69) is 35.3 Å². The minimum absolute atomic E-state index is 0.752. The van der Waals surface area contributed by atoms with Crippen LogP contribution in [0.15, 0.2) is 36.4 Å². The van der Waals surface area contributed by atoms with Crippen LogP contribution in [0.5, 0.6) is 0 Å². The highest BCUT2D eigenvalue weighted by atomic mass is 35.5. The fraction of sp³-hybridized carbons (Fsp3) is 0.250. The zero-order chi connectivity index (χ0) is 13.9. The van der Waals surface area contributed by atoms with Gasteiger partial charge in [0.2, 0.25) is 0 Å². The Morgan fingerprint density at radius 1 is 1.10 bits per heavy atom. The van der Waals surface area contributed by atoms with Crippen molar-refractivity contribution in [1.82, 2.24) is 4.98 Å². The first kappa shape index (κ1) is 13.7. The van der Waals surface area contributed by atoms with Crippen LogP contribution in [0.3, 0.4) is 0 Å². The molecule has 0 aliphatic heterocycles. The summed E-state index contributed by atoms with van der Waals surface area (Å²) in [6.45, 7) is 0.752. The number of aryl methyl sites for hydroxylation is 1. The second kappa shape index (κ2) is 6.00. The number of hydrogen-bond donors (Lipinski definition) is 2. The summed E-state index contributed by atoms with van der Waals surface area (Å²) in [5, 5.41) is 1.31. The average Bonchev–Trinajstić information content (AvgIpc) is 3.03. The molecule has 3 N–H and O–H groups in total. The van der Waals surface area contributed by atoms with Crippen LogP contribution in [0.1, 0.15) is 18.4 Å². The summed E-state index contributed by atoms with van der Waals surface area (Å²) in [5.74, 6) is 0. The van der Waals surface area contributed by atoms with Crippen molar-refractivity contribution >= 4 is 33.8 Å². The summed E-state index contributed by atoms with van der Waals surface area (Å²) >= 11 is 7.70. The van der Waals surface area contributed by atoms with E-state index in [1.54, 1.807) is 11.3 Å². The number of halogens is 1. The maximum atomic E-state index is 6.08. The molecule has 0 amide bonds. The van der Waals surface area contributed by atoms with E-state index >= 15 is 0 Å². The molecule has 4 heteroatoms. The lowest BCUT2D eigenvalue weighted by Gasteiger charge is -2.03. The number of fused-ring (bicyclic) bond motifs is 1. The van der Waals surface area contributed by atoms with Gasteiger partial charge in [0.1, 0.15) is 0 Å². The van der Waals surface area contributed by atoms with Crippen molar-refractivity contribution in [2.24, 2.45) is 5.73 Å². The molecule has 0 bridgehead atoms. The van der Waals surface area contributed by atoms with Gasteiger partial charge in [-0.25, -0.2) is 0 Å². The van der Waals surface area contributed by atoms with Crippen molar-refractivity contribution in [3.05, 3.63) is 46.3 Å². The zero-order valence-electron chi connectivity index (χ0n) is 11.2. The maximum absolute atomic E-state index is 6.08. The highest BCUT2D eigenvalue weighted by Gasteiger charge is 2.14. The Hall–Kier alpha value is -1.29. The largest absolute Gasteiger partial charge is 0.354 e. The van der Waals surface area contributed by atoms with Crippen LogP contribution in [0, 0.1) is 0 Å². The van der Waals surface area contributed by atoms with Crippen LogP contribution in [-0.4, -0.2) is 11.5 Å². The number of aromatic amines is 1. The molecule has 3 rings (SSSR count). The fourth-order valence-electron chi connectivity index (χ4n) is 2.56. The molecule has 0 spiro atoms. The van der Waals surface area contributed by atoms with Crippen LogP contribution in [0.4, 0.5) is 0 Å². The number of H-pyrrole nitrogens is 1. The Morgan fingerprint density at radius 2 is 1.95 bits per heavy atom. The molecule has 2 aromatic heterocycles. The van der Waals surface area contributed by atoms with Crippen molar-refractivity contribution in [3.8, 4) is 10.6 Å². The first-order chi connectivity index (χ1) is 9.79. The Balaban J connectivity index is 2.07. The van der Waals surface area contributed by atoms with Crippen molar-refractivity contribution in [2.45, 2.75) is 19.3 Å². The lowest BCUT2D eigenvalue weighted by Crippen LogP contribution is -1.99. The topological polar surface area (TPSA) is 41.8 Å². The molecule has 0 radical (unpaired) electrons. The van der Waals surface area contributed by atoms with Crippen molar-refractivity contribution in [3.63, 3.8) is 0 Å². The summed E-state index contributed by atoms with van der Waals surface area (Å²) in [6.07, 6.45) is 3.22. The van der Waals surface area contributed by atoms with Crippen LogP contribution < -0.4 is 5.73 Å². The lowest BCUT2D eigenvalue weighted by atomic mass is 10.0. The van der Waals surface area contributed by atoms with E-state index in [-0.39, 0.29) is 0 Å². The van der Waals surface area contributed by atoms with E-state index in [4.69, 9.17) is 17.3 Å². The number of aromatic nitrogens is 1. The molecule has 0 saturated carbocycles. The number of para-hydroxylation sites is 1. The third-order valence-electron chi connectivity index (χ3n) is 3.51. The second-order valence-corrected chi connectivity index (χ2v) is 6.59. The van der Waals surface area contributed by atoms with Gasteiger partial charge < -0.3 is 10.7 Å². The summed E-state index contributed by atoms with van der Waals surface area (Å²) < 4.78 is 0.826. The molecule has 3 aromatic rings. The molecule has 2 heterocycles. The van der Waals surface area contributed by atoms with E-state index in [1.807, 2.05) is 6.07 Å². The minimum atomic E-state index is 0.752. The van der Waals surface area contributed by atoms with Gasteiger partial charge in [0, 0.05) is 10.9 Å². The average molecular weight is 305 g/mol. The van der Waals surface area contributed by atoms with Gasteiger partial charge in [-0.15, -0.1) is 11.3 Å². The van der Waals surface area contributed by atoms with E-state index in [1.165, 1.54) is 27.0 Å². The normalized spacial score (nSPS) is 11.3. The van der Waals surface area contributed by atoms with Crippen LogP contribution in [0.2, 0.25) is 4.34 Å². The van der Waals surface area contributed by atoms with Gasteiger partial charge in [-0.1, -0.05) is 29.8 Å². The van der Waals surface area contributed by atoms with Gasteiger partial charge in [0.25, 0.3) is 0 Å². The second-order valence-electron chi connectivity index (χ2n) is 4.87. The Labute approximate surface area is 127 Å². The number of nitrogens with two attached hydrogens (primary N) is 1. The monoisotopic (exact) mass is 304 g/mol. The molecular weight excluding hydrogens is 288 g/mol. The number of nitrogens with one attached hydrogen (secondary N) is 1. The molecule has 0 aliphatic carbocycles. The van der Waals surface area contributed by atoms with Crippen molar-refractivity contribution < 1.29 is 0 Å². The first-order valence-corrected chi connectivity index (χ1v) is 8.04. The minimum Gasteiger partial charge on any atom is -0.354 e. The molecule has 2 nitrogen and oxygen atoms in total. The Morgan fingerprint density at radius 3 is 2.70 bits per heavy atom. The third kappa shape index (κ3) is 2.62. The fourth-order valence-corrected chi connectivity index (χ4v) is 3.64. The number of unbranched alkanes of at least 4 members (excludes halogenated alkanes) is 1. The molecule has 0 fully saturated rings. The highest BCUT2D eigenvalue weighted by Crippen LogP contribution is 2.36. The number of rotatable bonds is 5. The predicted molar refractivity (Wildman–Crippen MR) is 88.6 cm³/mol. The molecule has 0 aliphatic rings. The number of hydrogen-bond acceptors (Lipinski definition) is 2. The van der Waals surface area contributed by atoms with Gasteiger partial charge in [-0.3, -0.25) is 0 Å².